The van der Waals surface area contributed by atoms with Crippen LogP contribution in [0.4, 0.5) is 0 Å². The monoisotopic (exact) mass is 455 g/mol. The van der Waals surface area contributed by atoms with Gasteiger partial charge in [-0.3, -0.25) is 4.57 Å². The molecule has 0 aliphatic carbocycles. The number of para-hydroxylation sites is 1. The normalized spacial score (nSPS) is 10.9. The summed E-state index contributed by atoms with van der Waals surface area (Å²) in [4.78, 5) is 0. The van der Waals surface area contributed by atoms with Gasteiger partial charge in [-0.25, -0.2) is 0 Å². The third-order valence-corrected chi connectivity index (χ3v) is 5.81. The van der Waals surface area contributed by atoms with Crippen molar-refractivity contribution in [3.05, 3.63) is 93.9 Å². The van der Waals surface area contributed by atoms with Gasteiger partial charge >= 0.3 is 0 Å². The molecule has 3 aromatic carbocycles. The molecule has 0 unspecified atom stereocenters. The molecule has 134 valence electrons. The molecule has 0 spiro atoms. The summed E-state index contributed by atoms with van der Waals surface area (Å²) >= 11 is 11.2. The Balaban J connectivity index is 1.71. The molecule has 0 aliphatic rings. The van der Waals surface area contributed by atoms with Crippen LogP contribution < -0.4 is 0 Å². The first-order chi connectivity index (χ1) is 13.2. The fourth-order valence-corrected chi connectivity index (χ4v) is 3.99. The highest BCUT2D eigenvalue weighted by atomic mass is 79.9. The van der Waals surface area contributed by atoms with Crippen LogP contribution in [0.5, 0.6) is 0 Å². The van der Waals surface area contributed by atoms with Crippen LogP contribution in [0, 0.1) is 0 Å². The van der Waals surface area contributed by atoms with Gasteiger partial charge < -0.3 is 0 Å². The Hall–Kier alpha value is -2.08. The molecule has 0 bridgehead atoms. The zero-order valence-corrected chi connectivity index (χ0v) is 17.4. The maximum atomic E-state index is 6.04. The molecule has 4 aromatic rings. The van der Waals surface area contributed by atoms with Gasteiger partial charge in [0.1, 0.15) is 0 Å². The van der Waals surface area contributed by atoms with Crippen molar-refractivity contribution in [3.63, 3.8) is 0 Å². The Morgan fingerprint density at radius 3 is 2.26 bits per heavy atom. The van der Waals surface area contributed by atoms with Crippen LogP contribution in [0.25, 0.3) is 17.1 Å². The lowest BCUT2D eigenvalue weighted by Crippen LogP contribution is -1.99. The van der Waals surface area contributed by atoms with E-state index in [1.165, 1.54) is 5.56 Å². The maximum Gasteiger partial charge on any atom is 0.196 e. The van der Waals surface area contributed by atoms with E-state index in [9.17, 15) is 0 Å². The first-order valence-electron chi connectivity index (χ1n) is 8.35. The van der Waals surface area contributed by atoms with Crippen molar-refractivity contribution >= 4 is 39.3 Å². The molecule has 0 fully saturated rings. The average Bonchev–Trinajstić information content (AvgIpc) is 3.13. The standard InChI is InChI=1S/C21H15BrClN3S/c22-17-10-6-15(7-11-17)14-27-21-25-24-20(16-8-12-18(23)13-9-16)26(21)19-4-2-1-3-5-19/h1-13H,14H2. The molecule has 0 N–H and O–H groups in total. The van der Waals surface area contributed by atoms with Crippen LogP contribution in [0.15, 0.2) is 88.5 Å². The van der Waals surface area contributed by atoms with Crippen LogP contribution >= 0.6 is 39.3 Å². The van der Waals surface area contributed by atoms with Crippen molar-refractivity contribution in [1.29, 1.82) is 0 Å². The minimum atomic E-state index is 0.703. The lowest BCUT2D eigenvalue weighted by molar-refractivity contribution is 0.886. The molecule has 27 heavy (non-hydrogen) atoms. The first kappa shape index (κ1) is 18.3. The number of hydrogen-bond donors (Lipinski definition) is 0. The van der Waals surface area contributed by atoms with Crippen LogP contribution in [0.1, 0.15) is 5.56 Å². The Labute approximate surface area is 175 Å². The van der Waals surface area contributed by atoms with Crippen molar-refractivity contribution in [1.82, 2.24) is 14.8 Å². The summed E-state index contributed by atoms with van der Waals surface area (Å²) in [5.74, 6) is 1.62. The lowest BCUT2D eigenvalue weighted by Gasteiger charge is -2.10. The number of rotatable bonds is 5. The Morgan fingerprint density at radius 2 is 1.56 bits per heavy atom. The zero-order valence-electron chi connectivity index (χ0n) is 14.2. The maximum absolute atomic E-state index is 6.04. The third kappa shape index (κ3) is 4.26. The predicted octanol–water partition coefficient (Wildman–Crippen LogP) is 6.64. The molecular weight excluding hydrogens is 442 g/mol. The van der Waals surface area contributed by atoms with Crippen LogP contribution in [-0.2, 0) is 5.75 Å². The van der Waals surface area contributed by atoms with Crippen LogP contribution in [0.3, 0.4) is 0 Å². The summed E-state index contributed by atoms with van der Waals surface area (Å²) in [5.41, 5.74) is 3.25. The quantitative estimate of drug-likeness (QED) is 0.315. The predicted molar refractivity (Wildman–Crippen MR) is 116 cm³/mol. The second-order valence-corrected chi connectivity index (χ2v) is 8.19. The molecule has 1 aromatic heterocycles. The zero-order chi connectivity index (χ0) is 18.6. The number of hydrogen-bond acceptors (Lipinski definition) is 3. The van der Waals surface area contributed by atoms with Crippen LogP contribution in [0.2, 0.25) is 5.02 Å². The highest BCUT2D eigenvalue weighted by Gasteiger charge is 2.16. The van der Waals surface area contributed by atoms with E-state index in [-0.39, 0.29) is 0 Å². The summed E-state index contributed by atoms with van der Waals surface area (Å²) in [6, 6.07) is 26.2. The molecule has 0 saturated heterocycles. The fourth-order valence-electron chi connectivity index (χ4n) is 2.69. The van der Waals surface area contributed by atoms with E-state index in [2.05, 4.69) is 67.1 Å². The first-order valence-corrected chi connectivity index (χ1v) is 10.5. The van der Waals surface area contributed by atoms with Crippen LogP contribution in [-0.4, -0.2) is 14.8 Å². The van der Waals surface area contributed by atoms with E-state index < -0.39 is 0 Å². The van der Waals surface area contributed by atoms with E-state index in [0.29, 0.717) is 5.02 Å². The molecule has 0 aliphatic heterocycles. The molecule has 1 heterocycles. The summed E-state index contributed by atoms with van der Waals surface area (Å²) in [5, 5.41) is 10.5. The van der Waals surface area contributed by atoms with Gasteiger partial charge in [-0.05, 0) is 54.1 Å². The Morgan fingerprint density at radius 1 is 0.852 bits per heavy atom. The fraction of sp³-hybridized carbons (Fsp3) is 0.0476. The lowest BCUT2D eigenvalue weighted by atomic mass is 10.2. The van der Waals surface area contributed by atoms with Gasteiger partial charge in [0.2, 0.25) is 0 Å². The van der Waals surface area contributed by atoms with Gasteiger partial charge in [0.05, 0.1) is 0 Å². The number of aromatic nitrogens is 3. The molecular formula is C21H15BrClN3S. The second-order valence-electron chi connectivity index (χ2n) is 5.90. The summed E-state index contributed by atoms with van der Waals surface area (Å²) in [6.07, 6.45) is 0. The van der Waals surface area contributed by atoms with E-state index in [0.717, 1.165) is 32.5 Å². The van der Waals surface area contributed by atoms with Gasteiger partial charge in [-0.1, -0.05) is 69.6 Å². The van der Waals surface area contributed by atoms with Crippen molar-refractivity contribution < 1.29 is 0 Å². The number of nitrogens with zero attached hydrogens (tertiary/aromatic N) is 3. The summed E-state index contributed by atoms with van der Waals surface area (Å²) in [6.45, 7) is 0. The van der Waals surface area contributed by atoms with Gasteiger partial charge in [-0.2, -0.15) is 0 Å². The molecule has 3 nitrogen and oxygen atoms in total. The van der Waals surface area contributed by atoms with Crippen molar-refractivity contribution in [2.75, 3.05) is 0 Å². The van der Waals surface area contributed by atoms with Gasteiger partial charge in [-0.15, -0.1) is 10.2 Å². The molecule has 0 amide bonds. The number of benzene rings is 3. The molecule has 4 rings (SSSR count). The number of halogens is 2. The Kier molecular flexibility index (Phi) is 5.62. The van der Waals surface area contributed by atoms with Crippen molar-refractivity contribution in [3.8, 4) is 17.1 Å². The molecule has 0 saturated carbocycles. The minimum absolute atomic E-state index is 0.703. The highest BCUT2D eigenvalue weighted by Crippen LogP contribution is 2.30. The van der Waals surface area contributed by atoms with E-state index in [1.807, 2.05) is 42.5 Å². The molecule has 0 radical (unpaired) electrons. The van der Waals surface area contributed by atoms with E-state index in [4.69, 9.17) is 11.6 Å². The van der Waals surface area contributed by atoms with Crippen molar-refractivity contribution in [2.45, 2.75) is 10.9 Å². The van der Waals surface area contributed by atoms with Gasteiger partial charge in [0, 0.05) is 26.5 Å². The van der Waals surface area contributed by atoms with E-state index in [1.54, 1.807) is 11.8 Å². The Bertz CT molecular complexity index is 1030. The van der Waals surface area contributed by atoms with Crippen molar-refractivity contribution in [2.24, 2.45) is 0 Å². The van der Waals surface area contributed by atoms with Gasteiger partial charge in [0.25, 0.3) is 0 Å². The SMILES string of the molecule is Clc1ccc(-c2nnc(SCc3ccc(Br)cc3)n2-c2ccccc2)cc1. The largest absolute Gasteiger partial charge is 0.270 e. The highest BCUT2D eigenvalue weighted by molar-refractivity contribution is 9.10. The third-order valence-electron chi connectivity index (χ3n) is 4.03. The topological polar surface area (TPSA) is 30.7 Å². The second kappa shape index (κ2) is 8.30. The van der Waals surface area contributed by atoms with E-state index >= 15 is 0 Å². The minimum Gasteiger partial charge on any atom is -0.270 e. The number of thioether (sulfide) groups is 1. The molecule has 0 atom stereocenters. The molecule has 6 heteroatoms. The smallest absolute Gasteiger partial charge is 0.196 e. The summed E-state index contributed by atoms with van der Waals surface area (Å²) in [7, 11) is 0. The van der Waals surface area contributed by atoms with Gasteiger partial charge in [0.15, 0.2) is 11.0 Å². The average molecular weight is 457 g/mol. The summed E-state index contributed by atoms with van der Waals surface area (Å²) < 4.78 is 3.17.